The minimum atomic E-state index is 0.302. The van der Waals surface area contributed by atoms with E-state index in [1.54, 1.807) is 7.11 Å². The Morgan fingerprint density at radius 3 is 2.13 bits per heavy atom. The summed E-state index contributed by atoms with van der Waals surface area (Å²) in [4.78, 5) is 11.0. The van der Waals surface area contributed by atoms with Gasteiger partial charge >= 0.3 is 0 Å². The van der Waals surface area contributed by atoms with E-state index in [4.69, 9.17) is 0 Å². The van der Waals surface area contributed by atoms with Crippen molar-refractivity contribution in [1.29, 1.82) is 0 Å². The van der Waals surface area contributed by atoms with Gasteiger partial charge in [-0.25, -0.2) is 0 Å². The van der Waals surface area contributed by atoms with Gasteiger partial charge in [-0.3, -0.25) is 4.79 Å². The van der Waals surface area contributed by atoms with E-state index < -0.39 is 0 Å². The van der Waals surface area contributed by atoms with Gasteiger partial charge in [0.15, 0.2) is 0 Å². The molecule has 0 radical (unpaired) electrons. The number of carbonyl (C=O) groups is 1. The Morgan fingerprint density at radius 1 is 1.20 bits per heavy atom. The first-order valence-electron chi connectivity index (χ1n) is 5.29. The number of methoxy groups -OCH3 is 1. The SMILES string of the molecule is CCC(=O)Cc1ccccc1.CCOC. The fourth-order valence-corrected chi connectivity index (χ4v) is 0.949. The molecular weight excluding hydrogens is 188 g/mol. The molecule has 1 aromatic rings. The zero-order chi connectivity index (χ0) is 11.5. The summed E-state index contributed by atoms with van der Waals surface area (Å²) in [5.74, 6) is 0.302. The molecule has 0 aliphatic heterocycles. The molecule has 2 nitrogen and oxygen atoms in total. The first kappa shape index (κ1) is 13.8. The van der Waals surface area contributed by atoms with Crippen molar-refractivity contribution in [2.24, 2.45) is 0 Å². The fourth-order valence-electron chi connectivity index (χ4n) is 0.949. The minimum absolute atomic E-state index is 0.302. The summed E-state index contributed by atoms with van der Waals surface area (Å²) in [5.41, 5.74) is 1.11. The molecule has 1 rings (SSSR count). The molecule has 0 spiro atoms. The second kappa shape index (κ2) is 9.41. The zero-order valence-electron chi connectivity index (χ0n) is 9.82. The summed E-state index contributed by atoms with van der Waals surface area (Å²) in [6.07, 6.45) is 1.21. The van der Waals surface area contributed by atoms with Crippen LogP contribution >= 0.6 is 0 Å². The lowest BCUT2D eigenvalue weighted by atomic mass is 10.1. The topological polar surface area (TPSA) is 26.3 Å². The molecule has 0 saturated carbocycles. The molecule has 1 aromatic carbocycles. The van der Waals surface area contributed by atoms with Crippen molar-refractivity contribution < 1.29 is 9.53 Å². The molecule has 84 valence electrons. The summed E-state index contributed by atoms with van der Waals surface area (Å²) in [5, 5.41) is 0. The first-order valence-corrected chi connectivity index (χ1v) is 5.29. The average Bonchev–Trinajstić information content (AvgIpc) is 2.30. The van der Waals surface area contributed by atoms with E-state index in [2.05, 4.69) is 4.74 Å². The number of rotatable bonds is 4. The summed E-state index contributed by atoms with van der Waals surface area (Å²) < 4.78 is 4.54. The molecule has 0 aliphatic carbocycles. The molecule has 0 saturated heterocycles. The molecule has 0 aromatic heterocycles. The Hall–Kier alpha value is -1.15. The fraction of sp³-hybridized carbons (Fsp3) is 0.462. The van der Waals surface area contributed by atoms with Crippen LogP contribution in [-0.2, 0) is 16.0 Å². The monoisotopic (exact) mass is 208 g/mol. The third-order valence-corrected chi connectivity index (χ3v) is 1.93. The smallest absolute Gasteiger partial charge is 0.136 e. The van der Waals surface area contributed by atoms with Crippen LogP contribution in [0.15, 0.2) is 30.3 Å². The number of hydrogen-bond donors (Lipinski definition) is 0. The van der Waals surface area contributed by atoms with E-state index in [0.717, 1.165) is 12.2 Å². The molecule has 0 unspecified atom stereocenters. The number of ketones is 1. The van der Waals surface area contributed by atoms with E-state index in [1.165, 1.54) is 0 Å². The molecular formula is C13H20O2. The van der Waals surface area contributed by atoms with Crippen molar-refractivity contribution in [1.82, 2.24) is 0 Å². The Kier molecular flexibility index (Phi) is 8.69. The number of ether oxygens (including phenoxy) is 1. The van der Waals surface area contributed by atoms with E-state index in [9.17, 15) is 4.79 Å². The second-order valence-electron chi connectivity index (χ2n) is 3.13. The van der Waals surface area contributed by atoms with Crippen LogP contribution in [-0.4, -0.2) is 19.5 Å². The Labute approximate surface area is 92.3 Å². The summed E-state index contributed by atoms with van der Waals surface area (Å²) in [7, 11) is 1.68. The van der Waals surface area contributed by atoms with Crippen LogP contribution in [0.3, 0.4) is 0 Å². The minimum Gasteiger partial charge on any atom is -0.385 e. The molecule has 0 N–H and O–H groups in total. The van der Waals surface area contributed by atoms with E-state index in [0.29, 0.717) is 18.6 Å². The summed E-state index contributed by atoms with van der Waals surface area (Å²) >= 11 is 0. The van der Waals surface area contributed by atoms with Gasteiger partial charge in [0.05, 0.1) is 0 Å². The lowest BCUT2D eigenvalue weighted by Crippen LogP contribution is -1.99. The molecule has 0 atom stereocenters. The predicted molar refractivity (Wildman–Crippen MR) is 63.0 cm³/mol. The summed E-state index contributed by atoms with van der Waals surface area (Å²) in [6, 6.07) is 9.83. The van der Waals surface area contributed by atoms with Gasteiger partial charge in [-0.2, -0.15) is 0 Å². The maximum Gasteiger partial charge on any atom is 0.136 e. The average molecular weight is 208 g/mol. The van der Waals surface area contributed by atoms with Crippen LogP contribution in [0.5, 0.6) is 0 Å². The van der Waals surface area contributed by atoms with Crippen molar-refractivity contribution in [3.8, 4) is 0 Å². The van der Waals surface area contributed by atoms with Crippen molar-refractivity contribution in [2.45, 2.75) is 26.7 Å². The second-order valence-corrected chi connectivity index (χ2v) is 3.13. The molecule has 0 aliphatic rings. The van der Waals surface area contributed by atoms with Gasteiger partial charge in [0, 0.05) is 26.6 Å². The van der Waals surface area contributed by atoms with E-state index >= 15 is 0 Å². The highest BCUT2D eigenvalue weighted by Crippen LogP contribution is 2.00. The zero-order valence-corrected chi connectivity index (χ0v) is 9.82. The van der Waals surface area contributed by atoms with Crippen molar-refractivity contribution >= 4 is 5.78 Å². The quantitative estimate of drug-likeness (QED) is 0.760. The maximum absolute atomic E-state index is 11.0. The number of carbonyl (C=O) groups excluding carboxylic acids is 1. The van der Waals surface area contributed by atoms with E-state index in [1.807, 2.05) is 44.2 Å². The Morgan fingerprint density at radius 2 is 1.73 bits per heavy atom. The van der Waals surface area contributed by atoms with E-state index in [-0.39, 0.29) is 0 Å². The number of Topliss-reactive ketones (excluding diaryl/α,β-unsaturated/α-hetero) is 1. The van der Waals surface area contributed by atoms with Gasteiger partial charge in [-0.05, 0) is 12.5 Å². The van der Waals surface area contributed by atoms with Crippen molar-refractivity contribution in [3.05, 3.63) is 35.9 Å². The predicted octanol–water partition coefficient (Wildman–Crippen LogP) is 2.86. The van der Waals surface area contributed by atoms with Crippen LogP contribution < -0.4 is 0 Å². The van der Waals surface area contributed by atoms with Gasteiger partial charge in [-0.1, -0.05) is 37.3 Å². The highest BCUT2D eigenvalue weighted by Gasteiger charge is 1.98. The largest absolute Gasteiger partial charge is 0.385 e. The molecule has 0 heterocycles. The van der Waals surface area contributed by atoms with Gasteiger partial charge in [0.1, 0.15) is 5.78 Å². The normalized spacial score (nSPS) is 9.00. The van der Waals surface area contributed by atoms with Gasteiger partial charge < -0.3 is 4.74 Å². The molecule has 0 bridgehead atoms. The highest BCUT2D eigenvalue weighted by atomic mass is 16.5. The van der Waals surface area contributed by atoms with Gasteiger partial charge in [0.25, 0.3) is 0 Å². The van der Waals surface area contributed by atoms with Crippen LogP contribution in [0.4, 0.5) is 0 Å². The molecule has 0 fully saturated rings. The van der Waals surface area contributed by atoms with Crippen molar-refractivity contribution in [3.63, 3.8) is 0 Å². The first-order chi connectivity index (χ1) is 7.24. The standard InChI is InChI=1S/C10H12O.C3H8O/c1-2-10(11)8-9-6-4-3-5-7-9;1-3-4-2/h3-7H,2,8H2,1H3;3H2,1-2H3. The Balaban J connectivity index is 0.000000423. The van der Waals surface area contributed by atoms with Crippen LogP contribution in [0.2, 0.25) is 0 Å². The molecule has 15 heavy (non-hydrogen) atoms. The molecule has 2 heteroatoms. The third kappa shape index (κ3) is 7.89. The highest BCUT2D eigenvalue weighted by molar-refractivity contribution is 5.80. The van der Waals surface area contributed by atoms with Crippen LogP contribution in [0.25, 0.3) is 0 Å². The van der Waals surface area contributed by atoms with Gasteiger partial charge in [-0.15, -0.1) is 0 Å². The third-order valence-electron chi connectivity index (χ3n) is 1.93. The lowest BCUT2D eigenvalue weighted by Gasteiger charge is -1.96. The molecule has 0 amide bonds. The van der Waals surface area contributed by atoms with Gasteiger partial charge in [0.2, 0.25) is 0 Å². The number of benzene rings is 1. The van der Waals surface area contributed by atoms with Crippen molar-refractivity contribution in [2.75, 3.05) is 13.7 Å². The van der Waals surface area contributed by atoms with Crippen LogP contribution in [0, 0.1) is 0 Å². The lowest BCUT2D eigenvalue weighted by molar-refractivity contribution is -0.118. The maximum atomic E-state index is 11.0. The number of hydrogen-bond acceptors (Lipinski definition) is 2. The summed E-state index contributed by atoms with van der Waals surface area (Å²) in [6.45, 7) is 4.67. The Bertz CT molecular complexity index is 252. The van der Waals surface area contributed by atoms with Crippen LogP contribution in [0.1, 0.15) is 25.8 Å².